The quantitative estimate of drug-likeness (QED) is 0.256. The Morgan fingerprint density at radius 2 is 1.69 bits per heavy atom. The van der Waals surface area contributed by atoms with Gasteiger partial charge in [0.25, 0.3) is 0 Å². The number of rotatable bonds is 9. The molecule has 2 aromatic rings. The van der Waals surface area contributed by atoms with E-state index in [1.54, 1.807) is 14.2 Å². The van der Waals surface area contributed by atoms with Crippen molar-refractivity contribution in [1.29, 1.82) is 0 Å². The topological polar surface area (TPSA) is 68.9 Å². The largest absolute Gasteiger partial charge is 0.493 e. The van der Waals surface area contributed by atoms with Crippen molar-refractivity contribution in [2.45, 2.75) is 19.3 Å². The minimum absolute atomic E-state index is 0. The SMILES string of the molecule is COc1ccc(CCNC(N)=NCCCc2ccccc2)cc1OC.I. The second-order valence-electron chi connectivity index (χ2n) is 5.72. The molecule has 5 nitrogen and oxygen atoms in total. The van der Waals surface area contributed by atoms with E-state index >= 15 is 0 Å². The van der Waals surface area contributed by atoms with Crippen LogP contribution in [0.5, 0.6) is 11.5 Å². The first kappa shape index (κ1) is 22.1. The van der Waals surface area contributed by atoms with Gasteiger partial charge in [-0.1, -0.05) is 36.4 Å². The zero-order valence-electron chi connectivity index (χ0n) is 15.4. The zero-order valence-corrected chi connectivity index (χ0v) is 17.7. The first-order chi connectivity index (χ1) is 12.2. The third-order valence-corrected chi connectivity index (χ3v) is 3.92. The van der Waals surface area contributed by atoms with Crippen molar-refractivity contribution in [3.05, 3.63) is 59.7 Å². The van der Waals surface area contributed by atoms with Gasteiger partial charge in [-0.25, -0.2) is 0 Å². The lowest BCUT2D eigenvalue weighted by Crippen LogP contribution is -2.33. The van der Waals surface area contributed by atoms with Gasteiger partial charge in [0.05, 0.1) is 14.2 Å². The molecule has 0 fully saturated rings. The molecule has 0 bridgehead atoms. The Kier molecular flexibility index (Phi) is 10.5. The second-order valence-corrected chi connectivity index (χ2v) is 5.72. The van der Waals surface area contributed by atoms with Gasteiger partial charge >= 0.3 is 0 Å². The van der Waals surface area contributed by atoms with Crippen LogP contribution in [0.3, 0.4) is 0 Å². The van der Waals surface area contributed by atoms with Crippen LogP contribution in [0.4, 0.5) is 0 Å². The van der Waals surface area contributed by atoms with Crippen LogP contribution in [0.15, 0.2) is 53.5 Å². The van der Waals surface area contributed by atoms with E-state index in [1.807, 2.05) is 24.3 Å². The van der Waals surface area contributed by atoms with Gasteiger partial charge in [0.1, 0.15) is 0 Å². The van der Waals surface area contributed by atoms with Crippen molar-refractivity contribution in [2.75, 3.05) is 27.3 Å². The number of nitrogens with zero attached hydrogens (tertiary/aromatic N) is 1. The predicted molar refractivity (Wildman–Crippen MR) is 118 cm³/mol. The number of hydrogen-bond acceptors (Lipinski definition) is 3. The smallest absolute Gasteiger partial charge is 0.188 e. The number of hydrogen-bond donors (Lipinski definition) is 2. The maximum atomic E-state index is 5.91. The van der Waals surface area contributed by atoms with Gasteiger partial charge in [0.2, 0.25) is 0 Å². The summed E-state index contributed by atoms with van der Waals surface area (Å²) in [5.74, 6) is 1.97. The Hall–Kier alpha value is -1.96. The monoisotopic (exact) mass is 469 g/mol. The molecule has 0 unspecified atom stereocenters. The lowest BCUT2D eigenvalue weighted by Gasteiger charge is -2.10. The number of nitrogens with two attached hydrogens (primary N) is 1. The van der Waals surface area contributed by atoms with Gasteiger partial charge in [0, 0.05) is 13.1 Å². The van der Waals surface area contributed by atoms with Gasteiger partial charge in [-0.2, -0.15) is 0 Å². The number of benzene rings is 2. The highest BCUT2D eigenvalue weighted by atomic mass is 127. The van der Waals surface area contributed by atoms with Gasteiger partial charge in [-0.15, -0.1) is 24.0 Å². The molecule has 0 saturated heterocycles. The Bertz CT molecular complexity index is 678. The van der Waals surface area contributed by atoms with Crippen molar-refractivity contribution < 1.29 is 9.47 Å². The van der Waals surface area contributed by atoms with Crippen molar-refractivity contribution in [3.8, 4) is 11.5 Å². The van der Waals surface area contributed by atoms with Crippen LogP contribution < -0.4 is 20.5 Å². The molecule has 2 rings (SSSR count). The van der Waals surface area contributed by atoms with Crippen molar-refractivity contribution >= 4 is 29.9 Å². The molecule has 0 atom stereocenters. The minimum atomic E-state index is 0. The Morgan fingerprint density at radius 1 is 0.962 bits per heavy atom. The Labute approximate surface area is 173 Å². The molecular formula is C20H28IN3O2. The van der Waals surface area contributed by atoms with Crippen molar-refractivity contribution in [2.24, 2.45) is 10.7 Å². The van der Waals surface area contributed by atoms with Crippen LogP contribution in [-0.2, 0) is 12.8 Å². The average Bonchev–Trinajstić information content (AvgIpc) is 2.66. The summed E-state index contributed by atoms with van der Waals surface area (Å²) in [7, 11) is 3.27. The van der Waals surface area contributed by atoms with Crippen molar-refractivity contribution in [3.63, 3.8) is 0 Å². The van der Waals surface area contributed by atoms with E-state index in [0.29, 0.717) is 5.96 Å². The molecule has 0 amide bonds. The summed E-state index contributed by atoms with van der Waals surface area (Å²) in [6.07, 6.45) is 2.84. The molecule has 0 aliphatic heterocycles. The van der Waals surface area contributed by atoms with Crippen molar-refractivity contribution in [1.82, 2.24) is 5.32 Å². The number of nitrogens with one attached hydrogen (secondary N) is 1. The summed E-state index contributed by atoms with van der Waals surface area (Å²) in [4.78, 5) is 4.37. The van der Waals surface area contributed by atoms with E-state index in [0.717, 1.165) is 49.4 Å². The molecule has 2 aromatic carbocycles. The fourth-order valence-corrected chi connectivity index (χ4v) is 2.55. The molecule has 0 radical (unpaired) electrons. The molecule has 142 valence electrons. The molecule has 0 aliphatic carbocycles. The Morgan fingerprint density at radius 3 is 2.38 bits per heavy atom. The molecule has 0 saturated carbocycles. The number of methoxy groups -OCH3 is 2. The molecule has 0 aliphatic rings. The van der Waals surface area contributed by atoms with Gasteiger partial charge in [-0.3, -0.25) is 4.99 Å². The van der Waals surface area contributed by atoms with E-state index in [9.17, 15) is 0 Å². The standard InChI is InChI=1S/C20H27N3O2.HI/c1-24-18-11-10-17(15-19(18)25-2)12-14-23-20(21)22-13-6-9-16-7-4-3-5-8-16;/h3-5,7-8,10-11,15H,6,9,12-14H2,1-2H3,(H3,21,22,23);1H. The number of halogens is 1. The molecule has 3 N–H and O–H groups in total. The van der Waals surface area contributed by atoms with Crippen LogP contribution in [0, 0.1) is 0 Å². The first-order valence-electron chi connectivity index (χ1n) is 8.51. The van der Waals surface area contributed by atoms with E-state index in [1.165, 1.54) is 5.56 Å². The van der Waals surface area contributed by atoms with Crippen LogP contribution in [0.25, 0.3) is 0 Å². The maximum Gasteiger partial charge on any atom is 0.188 e. The molecule has 6 heteroatoms. The number of ether oxygens (including phenoxy) is 2. The number of aliphatic imine (C=N–C) groups is 1. The fraction of sp³-hybridized carbons (Fsp3) is 0.350. The predicted octanol–water partition coefficient (Wildman–Crippen LogP) is 3.40. The molecular weight excluding hydrogens is 441 g/mol. The fourth-order valence-electron chi connectivity index (χ4n) is 2.55. The molecule has 26 heavy (non-hydrogen) atoms. The third kappa shape index (κ3) is 7.51. The normalized spacial score (nSPS) is 10.8. The highest BCUT2D eigenvalue weighted by Crippen LogP contribution is 2.27. The van der Waals surface area contributed by atoms with Crippen LogP contribution in [0.2, 0.25) is 0 Å². The van der Waals surface area contributed by atoms with Gasteiger partial charge < -0.3 is 20.5 Å². The summed E-state index contributed by atoms with van der Waals surface area (Å²) < 4.78 is 10.6. The molecule has 0 heterocycles. The second kappa shape index (κ2) is 12.4. The summed E-state index contributed by atoms with van der Waals surface area (Å²) >= 11 is 0. The molecule has 0 spiro atoms. The van der Waals surface area contributed by atoms with Gasteiger partial charge in [-0.05, 0) is 42.5 Å². The van der Waals surface area contributed by atoms with E-state index in [-0.39, 0.29) is 24.0 Å². The lowest BCUT2D eigenvalue weighted by atomic mass is 10.1. The highest BCUT2D eigenvalue weighted by Gasteiger charge is 2.04. The third-order valence-electron chi connectivity index (χ3n) is 3.92. The summed E-state index contributed by atoms with van der Waals surface area (Å²) in [6, 6.07) is 16.3. The zero-order chi connectivity index (χ0) is 17.9. The van der Waals surface area contributed by atoms with Crippen LogP contribution >= 0.6 is 24.0 Å². The number of guanidine groups is 1. The Balaban J connectivity index is 0.00000338. The lowest BCUT2D eigenvalue weighted by molar-refractivity contribution is 0.354. The maximum absolute atomic E-state index is 5.91. The summed E-state index contributed by atoms with van der Waals surface area (Å²) in [5, 5.41) is 3.15. The summed E-state index contributed by atoms with van der Waals surface area (Å²) in [5.41, 5.74) is 8.40. The number of aryl methyl sites for hydroxylation is 1. The summed E-state index contributed by atoms with van der Waals surface area (Å²) in [6.45, 7) is 1.45. The average molecular weight is 469 g/mol. The van der Waals surface area contributed by atoms with Crippen LogP contribution in [-0.4, -0.2) is 33.3 Å². The first-order valence-corrected chi connectivity index (χ1v) is 8.51. The van der Waals surface area contributed by atoms with Crippen LogP contribution in [0.1, 0.15) is 17.5 Å². The van der Waals surface area contributed by atoms with E-state index < -0.39 is 0 Å². The van der Waals surface area contributed by atoms with E-state index in [2.05, 4.69) is 34.6 Å². The minimum Gasteiger partial charge on any atom is -0.493 e. The highest BCUT2D eigenvalue weighted by molar-refractivity contribution is 14.0. The van der Waals surface area contributed by atoms with E-state index in [4.69, 9.17) is 15.2 Å². The van der Waals surface area contributed by atoms with Gasteiger partial charge in [0.15, 0.2) is 17.5 Å². The molecule has 0 aromatic heterocycles.